The standard InChI is InChI=1S/C22H33N5/c1-17(2)20-8-10-21(11-9-20)26-22(23-3)25-14-18-4-6-19(7-5-18)15-27-13-12-24-16-27/h4-7,12-13,16-17,20-21H,8-11,14-15H2,1-3H3,(H2,23,25,26). The lowest BCUT2D eigenvalue weighted by molar-refractivity contribution is 0.250. The fourth-order valence-electron chi connectivity index (χ4n) is 3.86. The summed E-state index contributed by atoms with van der Waals surface area (Å²) in [7, 11) is 1.85. The molecule has 1 aliphatic carbocycles. The minimum absolute atomic E-state index is 0.545. The molecule has 1 heterocycles. The number of imidazole rings is 1. The van der Waals surface area contributed by atoms with Gasteiger partial charge in [-0.25, -0.2) is 4.98 Å². The highest BCUT2D eigenvalue weighted by molar-refractivity contribution is 5.79. The molecule has 0 unspecified atom stereocenters. The fraction of sp³-hybridized carbons (Fsp3) is 0.545. The first-order valence-corrected chi connectivity index (χ1v) is 10.1. The van der Waals surface area contributed by atoms with E-state index < -0.39 is 0 Å². The summed E-state index contributed by atoms with van der Waals surface area (Å²) in [5.74, 6) is 2.60. The molecule has 1 aliphatic rings. The van der Waals surface area contributed by atoms with Gasteiger partial charge in [0.2, 0.25) is 0 Å². The van der Waals surface area contributed by atoms with E-state index in [4.69, 9.17) is 0 Å². The summed E-state index contributed by atoms with van der Waals surface area (Å²) in [5.41, 5.74) is 2.54. The molecule has 1 saturated carbocycles. The molecular weight excluding hydrogens is 334 g/mol. The SMILES string of the molecule is CN=C(NCc1ccc(Cn2ccnc2)cc1)NC1CCC(C(C)C)CC1. The predicted octanol–water partition coefficient (Wildman–Crippen LogP) is 3.81. The summed E-state index contributed by atoms with van der Waals surface area (Å²) in [6.45, 7) is 6.33. The highest BCUT2D eigenvalue weighted by atomic mass is 15.2. The van der Waals surface area contributed by atoms with Gasteiger partial charge in [0.05, 0.1) is 6.33 Å². The van der Waals surface area contributed by atoms with Crippen LogP contribution in [0.2, 0.25) is 0 Å². The van der Waals surface area contributed by atoms with Crippen LogP contribution >= 0.6 is 0 Å². The molecule has 0 atom stereocenters. The number of aliphatic imine (C=N–C) groups is 1. The molecule has 0 amide bonds. The largest absolute Gasteiger partial charge is 0.354 e. The second-order valence-electron chi connectivity index (χ2n) is 7.98. The second kappa shape index (κ2) is 9.58. The van der Waals surface area contributed by atoms with Crippen LogP contribution in [0.15, 0.2) is 48.0 Å². The zero-order chi connectivity index (χ0) is 19.1. The van der Waals surface area contributed by atoms with E-state index in [0.29, 0.717) is 6.04 Å². The van der Waals surface area contributed by atoms with Crippen LogP contribution in [0.4, 0.5) is 0 Å². The van der Waals surface area contributed by atoms with Gasteiger partial charge in [-0.3, -0.25) is 4.99 Å². The highest BCUT2D eigenvalue weighted by Crippen LogP contribution is 2.29. The first-order chi connectivity index (χ1) is 13.1. The van der Waals surface area contributed by atoms with E-state index in [1.165, 1.54) is 36.8 Å². The molecule has 146 valence electrons. The molecule has 1 fully saturated rings. The number of guanidine groups is 1. The molecule has 1 aromatic heterocycles. The van der Waals surface area contributed by atoms with Crippen LogP contribution in [0.5, 0.6) is 0 Å². The fourth-order valence-corrected chi connectivity index (χ4v) is 3.86. The van der Waals surface area contributed by atoms with Gasteiger partial charge >= 0.3 is 0 Å². The van der Waals surface area contributed by atoms with Crippen LogP contribution in [-0.4, -0.2) is 28.6 Å². The Labute approximate surface area is 163 Å². The molecule has 0 aliphatic heterocycles. The first-order valence-electron chi connectivity index (χ1n) is 10.1. The Bertz CT molecular complexity index is 695. The second-order valence-corrected chi connectivity index (χ2v) is 7.98. The molecule has 3 rings (SSSR count). The van der Waals surface area contributed by atoms with Crippen molar-refractivity contribution in [1.82, 2.24) is 20.2 Å². The van der Waals surface area contributed by atoms with Crippen LogP contribution in [0.3, 0.4) is 0 Å². The lowest BCUT2D eigenvalue weighted by Gasteiger charge is -2.32. The average molecular weight is 368 g/mol. The summed E-state index contributed by atoms with van der Waals surface area (Å²) < 4.78 is 2.08. The molecule has 2 N–H and O–H groups in total. The Morgan fingerprint density at radius 2 is 1.85 bits per heavy atom. The molecule has 5 heteroatoms. The van der Waals surface area contributed by atoms with Gasteiger partial charge in [0.25, 0.3) is 0 Å². The van der Waals surface area contributed by atoms with Gasteiger partial charge in [0.1, 0.15) is 0 Å². The van der Waals surface area contributed by atoms with Crippen molar-refractivity contribution in [2.45, 2.75) is 58.7 Å². The van der Waals surface area contributed by atoms with E-state index >= 15 is 0 Å². The Kier molecular flexibility index (Phi) is 6.91. The van der Waals surface area contributed by atoms with Crippen molar-refractivity contribution in [3.05, 3.63) is 54.1 Å². The zero-order valence-corrected chi connectivity index (χ0v) is 16.9. The van der Waals surface area contributed by atoms with Crippen molar-refractivity contribution in [2.75, 3.05) is 7.05 Å². The van der Waals surface area contributed by atoms with Crippen molar-refractivity contribution in [1.29, 1.82) is 0 Å². The van der Waals surface area contributed by atoms with Crippen molar-refractivity contribution >= 4 is 5.96 Å². The molecule has 0 spiro atoms. The van der Waals surface area contributed by atoms with Crippen molar-refractivity contribution < 1.29 is 0 Å². The van der Waals surface area contributed by atoms with Gasteiger partial charge in [-0.1, -0.05) is 38.1 Å². The number of hydrogen-bond donors (Lipinski definition) is 2. The molecule has 0 bridgehead atoms. The summed E-state index contributed by atoms with van der Waals surface area (Å²) in [5, 5.41) is 7.06. The Hall–Kier alpha value is -2.30. The number of nitrogens with one attached hydrogen (secondary N) is 2. The molecule has 1 aromatic carbocycles. The van der Waals surface area contributed by atoms with E-state index in [-0.39, 0.29) is 0 Å². The Balaban J connectivity index is 1.44. The maximum atomic E-state index is 4.40. The summed E-state index contributed by atoms with van der Waals surface area (Å²) in [4.78, 5) is 8.49. The lowest BCUT2D eigenvalue weighted by atomic mass is 9.80. The summed E-state index contributed by atoms with van der Waals surface area (Å²) >= 11 is 0. The highest BCUT2D eigenvalue weighted by Gasteiger charge is 2.23. The number of hydrogen-bond acceptors (Lipinski definition) is 2. The van der Waals surface area contributed by atoms with Gasteiger partial charge < -0.3 is 15.2 Å². The maximum Gasteiger partial charge on any atom is 0.191 e. The van der Waals surface area contributed by atoms with E-state index in [2.05, 4.69) is 63.3 Å². The number of benzene rings is 1. The van der Waals surface area contributed by atoms with Crippen LogP contribution in [-0.2, 0) is 13.1 Å². The van der Waals surface area contributed by atoms with Crippen LogP contribution in [0, 0.1) is 11.8 Å². The van der Waals surface area contributed by atoms with Gasteiger partial charge in [-0.2, -0.15) is 0 Å². The van der Waals surface area contributed by atoms with E-state index in [1.807, 2.05) is 25.8 Å². The topological polar surface area (TPSA) is 54.2 Å². The number of rotatable bonds is 6. The minimum atomic E-state index is 0.545. The van der Waals surface area contributed by atoms with Crippen molar-refractivity contribution in [2.24, 2.45) is 16.8 Å². The molecule has 2 aromatic rings. The van der Waals surface area contributed by atoms with Gasteiger partial charge in [0, 0.05) is 38.6 Å². The Morgan fingerprint density at radius 1 is 1.15 bits per heavy atom. The minimum Gasteiger partial charge on any atom is -0.354 e. The summed E-state index contributed by atoms with van der Waals surface area (Å²) in [6.07, 6.45) is 10.8. The third-order valence-electron chi connectivity index (χ3n) is 5.69. The average Bonchev–Trinajstić information content (AvgIpc) is 3.19. The van der Waals surface area contributed by atoms with Crippen molar-refractivity contribution in [3.63, 3.8) is 0 Å². The summed E-state index contributed by atoms with van der Waals surface area (Å²) in [6, 6.07) is 9.27. The first kappa shape index (κ1) is 19.5. The predicted molar refractivity (Wildman–Crippen MR) is 112 cm³/mol. The molecular formula is C22H33N5. The number of aromatic nitrogens is 2. The van der Waals surface area contributed by atoms with E-state index in [9.17, 15) is 0 Å². The van der Waals surface area contributed by atoms with Gasteiger partial charge in [-0.05, 0) is 48.6 Å². The normalized spacial score (nSPS) is 20.7. The molecule has 27 heavy (non-hydrogen) atoms. The van der Waals surface area contributed by atoms with E-state index in [1.54, 1.807) is 0 Å². The van der Waals surface area contributed by atoms with Crippen molar-refractivity contribution in [3.8, 4) is 0 Å². The van der Waals surface area contributed by atoms with Crippen LogP contribution < -0.4 is 10.6 Å². The maximum absolute atomic E-state index is 4.40. The third-order valence-corrected chi connectivity index (χ3v) is 5.69. The number of nitrogens with zero attached hydrogens (tertiary/aromatic N) is 3. The Morgan fingerprint density at radius 3 is 2.44 bits per heavy atom. The third kappa shape index (κ3) is 5.84. The van der Waals surface area contributed by atoms with Gasteiger partial charge in [0.15, 0.2) is 5.96 Å². The van der Waals surface area contributed by atoms with Crippen LogP contribution in [0.1, 0.15) is 50.7 Å². The molecule has 0 radical (unpaired) electrons. The smallest absolute Gasteiger partial charge is 0.191 e. The molecule has 0 saturated heterocycles. The lowest BCUT2D eigenvalue weighted by Crippen LogP contribution is -2.44. The van der Waals surface area contributed by atoms with Gasteiger partial charge in [-0.15, -0.1) is 0 Å². The molecule has 5 nitrogen and oxygen atoms in total. The quantitative estimate of drug-likeness (QED) is 0.603. The zero-order valence-electron chi connectivity index (χ0n) is 16.9. The van der Waals surface area contributed by atoms with E-state index in [0.717, 1.165) is 30.9 Å². The van der Waals surface area contributed by atoms with Crippen LogP contribution in [0.25, 0.3) is 0 Å². The monoisotopic (exact) mass is 367 g/mol.